The van der Waals surface area contributed by atoms with Gasteiger partial charge < -0.3 is 10.1 Å². The van der Waals surface area contributed by atoms with Gasteiger partial charge in [-0.05, 0) is 54.6 Å². The number of aromatic nitrogens is 6. The van der Waals surface area contributed by atoms with Crippen molar-refractivity contribution in [2.24, 2.45) is 0 Å². The summed E-state index contributed by atoms with van der Waals surface area (Å²) < 4.78 is 20.7. The van der Waals surface area contributed by atoms with E-state index in [1.165, 1.54) is 23.1 Å². The van der Waals surface area contributed by atoms with Crippen LogP contribution in [-0.4, -0.2) is 36.1 Å². The molecule has 150 valence electrons. The molecule has 0 spiro atoms. The highest BCUT2D eigenvalue weighted by Gasteiger charge is 2.15. The summed E-state index contributed by atoms with van der Waals surface area (Å²) in [4.78, 5) is 21.2. The number of anilines is 1. The van der Waals surface area contributed by atoms with Gasteiger partial charge in [0.25, 0.3) is 5.91 Å². The zero-order valence-electron chi connectivity index (χ0n) is 16.1. The van der Waals surface area contributed by atoms with Crippen LogP contribution in [0.3, 0.4) is 0 Å². The Morgan fingerprint density at radius 2 is 1.83 bits per heavy atom. The van der Waals surface area contributed by atoms with E-state index in [2.05, 4.69) is 30.8 Å². The maximum atomic E-state index is 13.8. The first kappa shape index (κ1) is 19.1. The molecule has 0 unspecified atom stereocenters. The van der Waals surface area contributed by atoms with Crippen LogP contribution < -0.4 is 10.1 Å². The zero-order valence-corrected chi connectivity index (χ0v) is 16.1. The zero-order chi connectivity index (χ0) is 21.1. The molecule has 0 saturated heterocycles. The van der Waals surface area contributed by atoms with Crippen molar-refractivity contribution < 1.29 is 13.9 Å². The van der Waals surface area contributed by atoms with E-state index in [0.717, 1.165) is 0 Å². The number of nitrogens with one attached hydrogen (secondary N) is 1. The number of tetrazole rings is 1. The molecule has 1 amide bonds. The van der Waals surface area contributed by atoms with Crippen LogP contribution in [0.2, 0.25) is 0 Å². The number of benzene rings is 2. The molecule has 0 bridgehead atoms. The summed E-state index contributed by atoms with van der Waals surface area (Å²) >= 11 is 0. The second kappa shape index (κ2) is 8.03. The number of amides is 1. The Kier molecular flexibility index (Phi) is 5.12. The van der Waals surface area contributed by atoms with Gasteiger partial charge in [0.1, 0.15) is 6.33 Å². The largest absolute Gasteiger partial charge is 0.421 e. The lowest BCUT2D eigenvalue weighted by molar-refractivity contribution is 0.102. The smallest absolute Gasteiger partial charge is 0.322 e. The van der Waals surface area contributed by atoms with Gasteiger partial charge in [-0.2, -0.15) is 9.97 Å². The van der Waals surface area contributed by atoms with Crippen molar-refractivity contribution >= 4 is 11.6 Å². The Morgan fingerprint density at radius 3 is 2.53 bits per heavy atom. The molecule has 0 atom stereocenters. The highest BCUT2D eigenvalue weighted by atomic mass is 19.1. The number of para-hydroxylation sites is 1. The standard InChI is InChI=1S/C20H16FN7O2/c1-12-18(13(2)24-20(23-12)30-17-9-4-3-8-16(17)21)25-19(29)14-6-5-7-15(10-14)28-11-22-26-27-28/h3-11H,1-2H3,(H,25,29). The van der Waals surface area contributed by atoms with Gasteiger partial charge in [-0.25, -0.2) is 9.07 Å². The molecule has 4 rings (SSSR count). The van der Waals surface area contributed by atoms with Crippen molar-refractivity contribution in [2.45, 2.75) is 13.8 Å². The average molecular weight is 405 g/mol. The van der Waals surface area contributed by atoms with Gasteiger partial charge >= 0.3 is 6.01 Å². The monoisotopic (exact) mass is 405 g/mol. The molecule has 0 radical (unpaired) electrons. The third kappa shape index (κ3) is 3.97. The SMILES string of the molecule is Cc1nc(Oc2ccccc2F)nc(C)c1NC(=O)c1cccc(-n2cnnn2)c1. The summed E-state index contributed by atoms with van der Waals surface area (Å²) in [5.74, 6) is -0.841. The third-order valence-electron chi connectivity index (χ3n) is 4.25. The van der Waals surface area contributed by atoms with Gasteiger partial charge in [0.2, 0.25) is 0 Å². The number of ether oxygens (including phenoxy) is 1. The number of hydrogen-bond donors (Lipinski definition) is 1. The number of carbonyl (C=O) groups excluding carboxylic acids is 1. The van der Waals surface area contributed by atoms with Crippen LogP contribution in [-0.2, 0) is 0 Å². The molecule has 0 aliphatic rings. The summed E-state index contributed by atoms with van der Waals surface area (Å²) in [5, 5.41) is 13.8. The number of rotatable bonds is 5. The highest BCUT2D eigenvalue weighted by Crippen LogP contribution is 2.25. The fourth-order valence-electron chi connectivity index (χ4n) is 2.79. The molecule has 30 heavy (non-hydrogen) atoms. The summed E-state index contributed by atoms with van der Waals surface area (Å²) in [6, 6.07) is 12.8. The van der Waals surface area contributed by atoms with Crippen LogP contribution in [0.1, 0.15) is 21.7 Å². The van der Waals surface area contributed by atoms with E-state index >= 15 is 0 Å². The number of carbonyl (C=O) groups is 1. The van der Waals surface area contributed by atoms with Gasteiger partial charge in [0.15, 0.2) is 11.6 Å². The maximum Gasteiger partial charge on any atom is 0.322 e. The first-order valence-electron chi connectivity index (χ1n) is 8.93. The van der Waals surface area contributed by atoms with Crippen molar-refractivity contribution in [1.82, 2.24) is 30.2 Å². The van der Waals surface area contributed by atoms with Crippen LogP contribution in [0.4, 0.5) is 10.1 Å². The minimum absolute atomic E-state index is 0.00576. The Morgan fingerprint density at radius 1 is 1.07 bits per heavy atom. The Bertz CT molecular complexity index is 1190. The summed E-state index contributed by atoms with van der Waals surface area (Å²) in [6.07, 6.45) is 1.44. The molecule has 0 fully saturated rings. The van der Waals surface area contributed by atoms with Gasteiger partial charge in [-0.1, -0.05) is 18.2 Å². The Labute approximate surface area is 170 Å². The molecule has 0 saturated carbocycles. The first-order valence-corrected chi connectivity index (χ1v) is 8.93. The quantitative estimate of drug-likeness (QED) is 0.543. The molecule has 2 aromatic carbocycles. The topological polar surface area (TPSA) is 108 Å². The maximum absolute atomic E-state index is 13.8. The van der Waals surface area contributed by atoms with Crippen LogP contribution in [0.15, 0.2) is 54.9 Å². The molecule has 10 heteroatoms. The van der Waals surface area contributed by atoms with Crippen molar-refractivity contribution in [1.29, 1.82) is 0 Å². The number of hydrogen-bond acceptors (Lipinski definition) is 7. The molecule has 0 aliphatic heterocycles. The second-order valence-corrected chi connectivity index (χ2v) is 6.34. The van der Waals surface area contributed by atoms with E-state index in [4.69, 9.17) is 4.74 Å². The van der Waals surface area contributed by atoms with E-state index in [1.807, 2.05) is 0 Å². The third-order valence-corrected chi connectivity index (χ3v) is 4.25. The first-order chi connectivity index (χ1) is 14.5. The molecule has 2 aromatic heterocycles. The summed E-state index contributed by atoms with van der Waals surface area (Å²) in [7, 11) is 0. The van der Waals surface area contributed by atoms with Crippen molar-refractivity contribution in [3.05, 3.63) is 77.6 Å². The molecule has 1 N–H and O–H groups in total. The van der Waals surface area contributed by atoms with Gasteiger partial charge in [-0.15, -0.1) is 5.10 Å². The fraction of sp³-hybridized carbons (Fsp3) is 0.100. The van der Waals surface area contributed by atoms with Gasteiger partial charge in [0, 0.05) is 5.56 Å². The van der Waals surface area contributed by atoms with Crippen molar-refractivity contribution in [2.75, 3.05) is 5.32 Å². The molecule has 4 aromatic rings. The summed E-state index contributed by atoms with van der Waals surface area (Å²) in [6.45, 7) is 3.41. The lowest BCUT2D eigenvalue weighted by atomic mass is 10.1. The molecule has 0 aliphatic carbocycles. The molecular weight excluding hydrogens is 389 g/mol. The lowest BCUT2D eigenvalue weighted by Crippen LogP contribution is -2.15. The minimum Gasteiger partial charge on any atom is -0.421 e. The normalized spacial score (nSPS) is 10.6. The Hall–Kier alpha value is -4.21. The van der Waals surface area contributed by atoms with Crippen LogP contribution in [0, 0.1) is 19.7 Å². The molecule has 2 heterocycles. The highest BCUT2D eigenvalue weighted by molar-refractivity contribution is 6.05. The lowest BCUT2D eigenvalue weighted by Gasteiger charge is -2.13. The van der Waals surface area contributed by atoms with Crippen LogP contribution in [0.25, 0.3) is 5.69 Å². The predicted molar refractivity (Wildman–Crippen MR) is 105 cm³/mol. The van der Waals surface area contributed by atoms with E-state index in [1.54, 1.807) is 50.2 Å². The number of aryl methyl sites for hydroxylation is 2. The van der Waals surface area contributed by atoms with Crippen LogP contribution >= 0.6 is 0 Å². The minimum atomic E-state index is -0.517. The molecule has 9 nitrogen and oxygen atoms in total. The van der Waals surface area contributed by atoms with Crippen molar-refractivity contribution in [3.8, 4) is 17.4 Å². The Balaban J connectivity index is 1.56. The number of nitrogens with zero attached hydrogens (tertiary/aromatic N) is 6. The average Bonchev–Trinajstić information content (AvgIpc) is 3.27. The number of halogens is 1. The summed E-state index contributed by atoms with van der Waals surface area (Å²) in [5.41, 5.74) is 2.48. The predicted octanol–water partition coefficient (Wildman–Crippen LogP) is 3.25. The van der Waals surface area contributed by atoms with Crippen LogP contribution in [0.5, 0.6) is 11.8 Å². The van der Waals surface area contributed by atoms with E-state index in [0.29, 0.717) is 28.3 Å². The van der Waals surface area contributed by atoms with E-state index in [-0.39, 0.29) is 17.7 Å². The van der Waals surface area contributed by atoms with E-state index < -0.39 is 5.82 Å². The van der Waals surface area contributed by atoms with E-state index in [9.17, 15) is 9.18 Å². The van der Waals surface area contributed by atoms with Gasteiger partial charge in [0.05, 0.1) is 22.8 Å². The van der Waals surface area contributed by atoms with Gasteiger partial charge in [-0.3, -0.25) is 4.79 Å². The molecular formula is C20H16FN7O2. The fourth-order valence-corrected chi connectivity index (χ4v) is 2.79. The van der Waals surface area contributed by atoms with Crippen molar-refractivity contribution in [3.63, 3.8) is 0 Å². The second-order valence-electron chi connectivity index (χ2n) is 6.34.